The molecule has 0 aliphatic rings. The van der Waals surface area contributed by atoms with Gasteiger partial charge in [0.2, 0.25) is 0 Å². The molecule has 0 aliphatic carbocycles. The highest BCUT2D eigenvalue weighted by Gasteiger charge is 2.18. The summed E-state index contributed by atoms with van der Waals surface area (Å²) in [7, 11) is 3.60. The second-order valence-corrected chi connectivity index (χ2v) is 6.08. The van der Waals surface area contributed by atoms with E-state index >= 15 is 0 Å². The van der Waals surface area contributed by atoms with E-state index in [1.165, 1.54) is 0 Å². The zero-order valence-corrected chi connectivity index (χ0v) is 14.5. The predicted molar refractivity (Wildman–Crippen MR) is 97.5 cm³/mol. The van der Waals surface area contributed by atoms with E-state index in [4.69, 9.17) is 22.1 Å². The SMILES string of the molecule is COc1ccc(-c2cc(C(CN)c3ccc(Cl)cc3)n(C)n2)cc1. The molecule has 0 radical (unpaired) electrons. The summed E-state index contributed by atoms with van der Waals surface area (Å²) in [5.74, 6) is 0.905. The summed E-state index contributed by atoms with van der Waals surface area (Å²) in [5, 5.41) is 5.36. The summed E-state index contributed by atoms with van der Waals surface area (Å²) in [6.07, 6.45) is 0. The Labute approximate surface area is 146 Å². The van der Waals surface area contributed by atoms with Gasteiger partial charge in [-0.3, -0.25) is 4.68 Å². The maximum absolute atomic E-state index is 6.04. The molecule has 2 aromatic carbocycles. The van der Waals surface area contributed by atoms with E-state index in [9.17, 15) is 0 Å². The average Bonchev–Trinajstić information content (AvgIpc) is 2.99. The van der Waals surface area contributed by atoms with Crippen LogP contribution in [0.5, 0.6) is 5.75 Å². The molecule has 3 rings (SSSR count). The number of ether oxygens (including phenoxy) is 1. The van der Waals surface area contributed by atoms with Gasteiger partial charge in [0, 0.05) is 35.8 Å². The summed E-state index contributed by atoms with van der Waals surface area (Å²) in [6, 6.07) is 17.8. The Kier molecular flexibility index (Phi) is 4.88. The number of hydrogen-bond donors (Lipinski definition) is 1. The molecule has 0 fully saturated rings. The second-order valence-electron chi connectivity index (χ2n) is 5.65. The molecule has 0 spiro atoms. The van der Waals surface area contributed by atoms with Crippen LogP contribution in [0, 0.1) is 0 Å². The number of methoxy groups -OCH3 is 1. The maximum atomic E-state index is 6.04. The highest BCUT2D eigenvalue weighted by atomic mass is 35.5. The smallest absolute Gasteiger partial charge is 0.118 e. The molecule has 4 nitrogen and oxygen atoms in total. The molecule has 0 bridgehead atoms. The summed E-state index contributed by atoms with van der Waals surface area (Å²) >= 11 is 5.99. The van der Waals surface area contributed by atoms with Gasteiger partial charge >= 0.3 is 0 Å². The highest BCUT2D eigenvalue weighted by Crippen LogP contribution is 2.29. The summed E-state index contributed by atoms with van der Waals surface area (Å²) in [5.41, 5.74) is 10.2. The fourth-order valence-corrected chi connectivity index (χ4v) is 2.96. The van der Waals surface area contributed by atoms with E-state index < -0.39 is 0 Å². The molecule has 5 heteroatoms. The third-order valence-electron chi connectivity index (χ3n) is 4.17. The molecule has 1 atom stereocenters. The molecule has 1 aromatic heterocycles. The van der Waals surface area contributed by atoms with Crippen molar-refractivity contribution in [2.45, 2.75) is 5.92 Å². The minimum absolute atomic E-state index is 0.0757. The molecule has 0 saturated heterocycles. The van der Waals surface area contributed by atoms with Crippen molar-refractivity contribution >= 4 is 11.6 Å². The number of nitrogens with zero attached hydrogens (tertiary/aromatic N) is 2. The van der Waals surface area contributed by atoms with Crippen molar-refractivity contribution in [1.29, 1.82) is 0 Å². The lowest BCUT2D eigenvalue weighted by molar-refractivity contribution is 0.415. The van der Waals surface area contributed by atoms with Gasteiger partial charge in [-0.15, -0.1) is 0 Å². The Bertz CT molecular complexity index is 810. The number of nitrogens with two attached hydrogens (primary N) is 1. The fraction of sp³-hybridized carbons (Fsp3) is 0.211. The number of aromatic nitrogens is 2. The van der Waals surface area contributed by atoms with Crippen molar-refractivity contribution in [3.8, 4) is 17.0 Å². The van der Waals surface area contributed by atoms with E-state index in [-0.39, 0.29) is 5.92 Å². The van der Waals surface area contributed by atoms with Gasteiger partial charge in [-0.2, -0.15) is 5.10 Å². The molecule has 124 valence electrons. The van der Waals surface area contributed by atoms with Gasteiger partial charge < -0.3 is 10.5 Å². The average molecular weight is 342 g/mol. The Balaban J connectivity index is 1.95. The Morgan fingerprint density at radius 2 is 1.79 bits per heavy atom. The summed E-state index contributed by atoms with van der Waals surface area (Å²) in [6.45, 7) is 0.503. The van der Waals surface area contributed by atoms with Crippen molar-refractivity contribution in [3.05, 3.63) is 70.9 Å². The van der Waals surface area contributed by atoms with Crippen LogP contribution in [-0.4, -0.2) is 23.4 Å². The quantitative estimate of drug-likeness (QED) is 0.767. The first-order chi connectivity index (χ1) is 11.6. The summed E-state index contributed by atoms with van der Waals surface area (Å²) in [4.78, 5) is 0. The normalized spacial score (nSPS) is 12.2. The third-order valence-corrected chi connectivity index (χ3v) is 4.42. The Hall–Kier alpha value is -2.30. The standard InChI is InChI=1S/C19H20ClN3O/c1-23-19(17(12-21)13-3-7-15(20)8-4-13)11-18(22-23)14-5-9-16(24-2)10-6-14/h3-11,17H,12,21H2,1-2H3. The largest absolute Gasteiger partial charge is 0.497 e. The number of benzene rings is 2. The lowest BCUT2D eigenvalue weighted by Crippen LogP contribution is -2.16. The molecule has 0 aliphatic heterocycles. The number of rotatable bonds is 5. The van der Waals surface area contributed by atoms with Crippen molar-refractivity contribution in [2.75, 3.05) is 13.7 Å². The number of hydrogen-bond acceptors (Lipinski definition) is 3. The van der Waals surface area contributed by atoms with Gasteiger partial charge in [-0.05, 0) is 48.0 Å². The van der Waals surface area contributed by atoms with Crippen LogP contribution in [0.1, 0.15) is 17.2 Å². The first kappa shape index (κ1) is 16.6. The van der Waals surface area contributed by atoms with Gasteiger partial charge in [0.25, 0.3) is 0 Å². The minimum atomic E-state index is 0.0757. The van der Waals surface area contributed by atoms with Crippen LogP contribution < -0.4 is 10.5 Å². The number of halogens is 1. The second kappa shape index (κ2) is 7.07. The van der Waals surface area contributed by atoms with E-state index in [1.54, 1.807) is 7.11 Å². The van der Waals surface area contributed by atoms with Gasteiger partial charge in [0.15, 0.2) is 0 Å². The maximum Gasteiger partial charge on any atom is 0.118 e. The van der Waals surface area contributed by atoms with Crippen LogP contribution in [0.15, 0.2) is 54.6 Å². The van der Waals surface area contributed by atoms with Gasteiger partial charge in [-0.1, -0.05) is 23.7 Å². The minimum Gasteiger partial charge on any atom is -0.497 e. The molecule has 24 heavy (non-hydrogen) atoms. The van der Waals surface area contributed by atoms with E-state index in [0.29, 0.717) is 6.54 Å². The van der Waals surface area contributed by atoms with Gasteiger partial charge in [0.1, 0.15) is 5.75 Å². The highest BCUT2D eigenvalue weighted by molar-refractivity contribution is 6.30. The molecule has 1 unspecified atom stereocenters. The van der Waals surface area contributed by atoms with Gasteiger partial charge in [-0.25, -0.2) is 0 Å². The van der Waals surface area contributed by atoms with Crippen LogP contribution in [0.3, 0.4) is 0 Å². The Morgan fingerprint density at radius 3 is 2.38 bits per heavy atom. The molecule has 2 N–H and O–H groups in total. The zero-order valence-electron chi connectivity index (χ0n) is 13.7. The van der Waals surface area contributed by atoms with Crippen molar-refractivity contribution < 1.29 is 4.74 Å². The Morgan fingerprint density at radius 1 is 1.12 bits per heavy atom. The lowest BCUT2D eigenvalue weighted by atomic mass is 9.95. The fourth-order valence-electron chi connectivity index (χ4n) is 2.83. The first-order valence-corrected chi connectivity index (χ1v) is 8.14. The monoisotopic (exact) mass is 341 g/mol. The topological polar surface area (TPSA) is 53.1 Å². The van der Waals surface area contributed by atoms with E-state index in [2.05, 4.69) is 11.2 Å². The van der Waals surface area contributed by atoms with Crippen molar-refractivity contribution in [1.82, 2.24) is 9.78 Å². The molecule has 1 heterocycles. The number of aryl methyl sites for hydroxylation is 1. The van der Waals surface area contributed by atoms with Gasteiger partial charge in [0.05, 0.1) is 12.8 Å². The molecule has 0 amide bonds. The third kappa shape index (κ3) is 3.30. The van der Waals surface area contributed by atoms with Crippen molar-refractivity contribution in [3.63, 3.8) is 0 Å². The zero-order chi connectivity index (χ0) is 17.1. The van der Waals surface area contributed by atoms with E-state index in [0.717, 1.165) is 33.3 Å². The summed E-state index contributed by atoms with van der Waals surface area (Å²) < 4.78 is 7.10. The van der Waals surface area contributed by atoms with Crippen LogP contribution in [0.25, 0.3) is 11.3 Å². The van der Waals surface area contributed by atoms with Crippen LogP contribution in [0.2, 0.25) is 5.02 Å². The lowest BCUT2D eigenvalue weighted by Gasteiger charge is -2.15. The predicted octanol–water partition coefficient (Wildman–Crippen LogP) is 3.84. The van der Waals surface area contributed by atoms with Crippen molar-refractivity contribution in [2.24, 2.45) is 12.8 Å². The molecule has 0 saturated carbocycles. The first-order valence-electron chi connectivity index (χ1n) is 7.76. The molecular weight excluding hydrogens is 322 g/mol. The van der Waals surface area contributed by atoms with E-state index in [1.807, 2.05) is 60.3 Å². The van der Waals surface area contributed by atoms with Crippen LogP contribution >= 0.6 is 11.6 Å². The van der Waals surface area contributed by atoms with Crippen LogP contribution in [0.4, 0.5) is 0 Å². The molecular formula is C19H20ClN3O. The molecule has 3 aromatic rings. The van der Waals surface area contributed by atoms with Crippen LogP contribution in [-0.2, 0) is 7.05 Å².